The molecule has 1 aromatic heterocycles. The Bertz CT molecular complexity index is 1680. The summed E-state index contributed by atoms with van der Waals surface area (Å²) in [7, 11) is 0. The maximum Gasteiger partial charge on any atom is 0.304 e. The van der Waals surface area contributed by atoms with Crippen LogP contribution in [0.3, 0.4) is 0 Å². The number of carbonyl (C=O) groups is 1. The van der Waals surface area contributed by atoms with Crippen LogP contribution < -0.4 is 9.47 Å². The van der Waals surface area contributed by atoms with E-state index in [0.29, 0.717) is 42.3 Å². The average molecular weight is 573 g/mol. The number of aromatic nitrogens is 4. The Balaban J connectivity index is 1.29. The molecule has 0 radical (unpaired) electrons. The van der Waals surface area contributed by atoms with Crippen LogP contribution in [0.15, 0.2) is 42.5 Å². The predicted octanol–water partition coefficient (Wildman–Crippen LogP) is 5.51. The third kappa shape index (κ3) is 4.89. The van der Waals surface area contributed by atoms with E-state index in [-0.39, 0.29) is 24.8 Å². The average Bonchev–Trinajstić information content (AvgIpc) is 3.69. The van der Waals surface area contributed by atoms with Crippen LogP contribution in [0, 0.1) is 19.7 Å². The first-order valence-electron chi connectivity index (χ1n) is 14.1. The molecule has 0 spiro atoms. The van der Waals surface area contributed by atoms with Gasteiger partial charge >= 0.3 is 5.97 Å². The van der Waals surface area contributed by atoms with E-state index < -0.39 is 17.6 Å². The number of aliphatic carboxylic acids is 1. The van der Waals surface area contributed by atoms with Crippen molar-refractivity contribution in [3.63, 3.8) is 0 Å². The van der Waals surface area contributed by atoms with Crippen LogP contribution in [0.4, 0.5) is 4.39 Å². The van der Waals surface area contributed by atoms with Crippen LogP contribution >= 0.6 is 0 Å². The number of fused-ring (bicyclic) bond motifs is 2. The molecule has 2 aliphatic rings. The molecule has 0 saturated carbocycles. The summed E-state index contributed by atoms with van der Waals surface area (Å²) < 4.78 is 27.4. The first kappa shape index (κ1) is 27.8. The van der Waals surface area contributed by atoms with Gasteiger partial charge in [-0.05, 0) is 97.8 Å². The normalized spacial score (nSPS) is 17.6. The van der Waals surface area contributed by atoms with Crippen LogP contribution in [0.1, 0.15) is 66.5 Å². The number of nitrogens with zero attached hydrogens (tertiary/aromatic N) is 4. The Morgan fingerprint density at radius 2 is 1.93 bits per heavy atom. The van der Waals surface area contributed by atoms with E-state index in [1.54, 1.807) is 12.1 Å². The monoisotopic (exact) mass is 572 g/mol. The van der Waals surface area contributed by atoms with Gasteiger partial charge in [0.15, 0.2) is 0 Å². The zero-order valence-corrected chi connectivity index (χ0v) is 24.0. The zero-order chi connectivity index (χ0) is 29.8. The van der Waals surface area contributed by atoms with Crippen LogP contribution in [0.5, 0.6) is 11.5 Å². The van der Waals surface area contributed by atoms with E-state index in [0.717, 1.165) is 38.9 Å². The van der Waals surface area contributed by atoms with Gasteiger partial charge in [0.05, 0.1) is 19.6 Å². The van der Waals surface area contributed by atoms with Crippen molar-refractivity contribution in [2.75, 3.05) is 13.2 Å². The lowest BCUT2D eigenvalue weighted by molar-refractivity contribution is -0.137. The molecule has 4 aromatic rings. The van der Waals surface area contributed by atoms with Crippen LogP contribution in [0.2, 0.25) is 0 Å². The summed E-state index contributed by atoms with van der Waals surface area (Å²) in [6, 6.07) is 12.8. The van der Waals surface area contributed by atoms with Gasteiger partial charge in [0, 0.05) is 28.7 Å². The lowest BCUT2D eigenvalue weighted by Crippen LogP contribution is -2.32. The second kappa shape index (κ2) is 10.5. The number of aliphatic hydroxyl groups is 1. The fraction of sp³-hybridized carbons (Fsp3) is 0.375. The Kier molecular flexibility index (Phi) is 6.97. The quantitative estimate of drug-likeness (QED) is 0.284. The van der Waals surface area contributed by atoms with Crippen molar-refractivity contribution < 1.29 is 28.9 Å². The lowest BCUT2D eigenvalue weighted by Gasteiger charge is -2.19. The summed E-state index contributed by atoms with van der Waals surface area (Å²) in [5.41, 5.74) is 6.54. The highest BCUT2D eigenvalue weighted by molar-refractivity contribution is 5.78. The molecule has 0 unspecified atom stereocenters. The van der Waals surface area contributed by atoms with Crippen molar-refractivity contribution in [3.05, 3.63) is 76.1 Å². The molecule has 3 aromatic carbocycles. The Morgan fingerprint density at radius 3 is 2.64 bits per heavy atom. The molecule has 42 heavy (non-hydrogen) atoms. The van der Waals surface area contributed by atoms with Gasteiger partial charge in [-0.1, -0.05) is 12.1 Å². The number of rotatable bonds is 8. The van der Waals surface area contributed by atoms with Crippen molar-refractivity contribution in [2.45, 2.75) is 64.5 Å². The zero-order valence-electron chi connectivity index (χ0n) is 24.0. The largest absolute Gasteiger partial charge is 0.492 e. The number of hydrogen-bond acceptors (Lipinski definition) is 7. The predicted molar refractivity (Wildman–Crippen MR) is 153 cm³/mol. The Labute approximate surface area is 242 Å². The Morgan fingerprint density at radius 1 is 1.17 bits per heavy atom. The van der Waals surface area contributed by atoms with E-state index in [1.165, 1.54) is 10.9 Å². The molecule has 1 aliphatic carbocycles. The van der Waals surface area contributed by atoms with Gasteiger partial charge in [-0.25, -0.2) is 4.39 Å². The molecule has 2 atom stereocenters. The van der Waals surface area contributed by atoms with Crippen LogP contribution in [0.25, 0.3) is 22.5 Å². The van der Waals surface area contributed by atoms with E-state index in [1.807, 2.05) is 52.0 Å². The molecule has 0 bridgehead atoms. The van der Waals surface area contributed by atoms with Crippen molar-refractivity contribution in [2.24, 2.45) is 0 Å². The topological polar surface area (TPSA) is 120 Å². The number of aryl methyl sites for hydroxylation is 2. The lowest BCUT2D eigenvalue weighted by atomic mass is 9.89. The molecule has 0 amide bonds. The molecule has 2 N–H and O–H groups in total. The first-order valence-corrected chi connectivity index (χ1v) is 14.1. The molecule has 218 valence electrons. The van der Waals surface area contributed by atoms with E-state index >= 15 is 4.39 Å². The summed E-state index contributed by atoms with van der Waals surface area (Å²) in [4.78, 5) is 12.6. The third-order valence-corrected chi connectivity index (χ3v) is 8.25. The maximum absolute atomic E-state index is 15.3. The van der Waals surface area contributed by atoms with E-state index in [4.69, 9.17) is 9.47 Å². The summed E-state index contributed by atoms with van der Waals surface area (Å²) in [6.07, 6.45) is 0.854. The summed E-state index contributed by atoms with van der Waals surface area (Å²) in [5.74, 6) is 0.305. The van der Waals surface area contributed by atoms with E-state index in [2.05, 4.69) is 15.4 Å². The molecular formula is C32H33FN4O5. The summed E-state index contributed by atoms with van der Waals surface area (Å²) in [6.45, 7) is 7.92. The number of halogens is 1. The standard InChI is InChI=1S/C32H33FN4O5/c1-17-11-19(31-34-36-37(35-31)32(3,4)16-38)12-18(2)29(17)23-7-9-25(33)30-24(23)8-10-26(30)42-21-5-6-22-20(13-28(39)40)15-41-27(22)14-21/h5-7,9,11-12,14,20,26,38H,8,10,13,15-16H2,1-4H3,(H,39,40)/t20-,26-/m1/s1. The van der Waals surface area contributed by atoms with Gasteiger partial charge in [-0.3, -0.25) is 4.79 Å². The number of aliphatic hydroxyl groups excluding tert-OH is 1. The van der Waals surface area contributed by atoms with Crippen molar-refractivity contribution in [1.82, 2.24) is 20.2 Å². The number of carboxylic acid groups (broad SMARTS) is 1. The maximum atomic E-state index is 15.3. The van der Waals surface area contributed by atoms with Crippen LogP contribution in [-0.4, -0.2) is 49.6 Å². The molecule has 2 heterocycles. The van der Waals surface area contributed by atoms with Gasteiger partial charge < -0.3 is 19.7 Å². The van der Waals surface area contributed by atoms with Gasteiger partial charge in [0.2, 0.25) is 5.82 Å². The minimum Gasteiger partial charge on any atom is -0.492 e. The van der Waals surface area contributed by atoms with Crippen molar-refractivity contribution >= 4 is 5.97 Å². The molecule has 9 nitrogen and oxygen atoms in total. The highest BCUT2D eigenvalue weighted by atomic mass is 19.1. The number of tetrazole rings is 1. The van der Waals surface area contributed by atoms with Gasteiger partial charge in [0.25, 0.3) is 0 Å². The van der Waals surface area contributed by atoms with E-state index in [9.17, 15) is 15.0 Å². The third-order valence-electron chi connectivity index (χ3n) is 8.25. The second-order valence-corrected chi connectivity index (χ2v) is 11.8. The molecule has 6 rings (SSSR count). The molecule has 0 fully saturated rings. The molecule has 0 saturated heterocycles. The SMILES string of the molecule is Cc1cc(-c2nnn(C(C)(C)CO)n2)cc(C)c1-c1ccc(F)c2c1CC[C@H]2Oc1ccc2c(c1)OC[C@H]2CC(=O)O. The molecular weight excluding hydrogens is 539 g/mol. The highest BCUT2D eigenvalue weighted by Crippen LogP contribution is 2.45. The highest BCUT2D eigenvalue weighted by Gasteiger charge is 2.32. The number of hydrogen-bond donors (Lipinski definition) is 2. The second-order valence-electron chi connectivity index (χ2n) is 11.8. The van der Waals surface area contributed by atoms with Crippen molar-refractivity contribution in [3.8, 4) is 34.0 Å². The van der Waals surface area contributed by atoms with Gasteiger partial charge in [0.1, 0.15) is 29.0 Å². The summed E-state index contributed by atoms with van der Waals surface area (Å²) >= 11 is 0. The van der Waals surface area contributed by atoms with Crippen LogP contribution in [-0.2, 0) is 16.8 Å². The summed E-state index contributed by atoms with van der Waals surface area (Å²) in [5, 5.41) is 31.7. The number of carboxylic acids is 1. The minimum absolute atomic E-state index is 0.00948. The smallest absolute Gasteiger partial charge is 0.304 e. The first-order chi connectivity index (χ1) is 20.1. The number of ether oxygens (including phenoxy) is 2. The fourth-order valence-corrected chi connectivity index (χ4v) is 6.07. The number of benzene rings is 3. The fourth-order valence-electron chi connectivity index (χ4n) is 6.07. The van der Waals surface area contributed by atoms with Gasteiger partial charge in [-0.2, -0.15) is 4.80 Å². The molecule has 1 aliphatic heterocycles. The van der Waals surface area contributed by atoms with Gasteiger partial charge in [-0.15, -0.1) is 10.2 Å². The molecule has 10 heteroatoms. The van der Waals surface area contributed by atoms with Crippen molar-refractivity contribution in [1.29, 1.82) is 0 Å². The Hall–Kier alpha value is -4.31. The minimum atomic E-state index is -0.864.